The SMILES string of the molecule is CC1CCN(C(=O)OC(C)(C)C)CCC1=O.CCOC(=O)C1(C)CCN(C(=O)OC(C)(C)C)CCC1=O.CO.[K+].[OH-]. The number of likely N-dealkylation sites (tertiary alicyclic amines) is 2. The minimum atomic E-state index is -1.17. The van der Waals surface area contributed by atoms with E-state index in [1.807, 2.05) is 27.7 Å². The maximum atomic E-state index is 12.2. The molecule has 0 bridgehead atoms. The Morgan fingerprint density at radius 3 is 1.76 bits per heavy atom. The third-order valence-corrected chi connectivity index (χ3v) is 6.15. The first-order valence-corrected chi connectivity index (χ1v) is 13.5. The van der Waals surface area contributed by atoms with Crippen molar-refractivity contribution in [3.63, 3.8) is 0 Å². The van der Waals surface area contributed by atoms with Gasteiger partial charge in [-0.1, -0.05) is 6.92 Å². The van der Waals surface area contributed by atoms with Gasteiger partial charge in [-0.3, -0.25) is 14.4 Å². The van der Waals surface area contributed by atoms with E-state index in [9.17, 15) is 24.0 Å². The summed E-state index contributed by atoms with van der Waals surface area (Å²) >= 11 is 0. The van der Waals surface area contributed by atoms with Crippen LogP contribution in [0.4, 0.5) is 9.59 Å². The van der Waals surface area contributed by atoms with E-state index in [-0.39, 0.29) is 106 Å². The number of hydrogen-bond acceptors (Lipinski definition) is 10. The van der Waals surface area contributed by atoms with E-state index < -0.39 is 28.7 Å². The van der Waals surface area contributed by atoms with Crippen molar-refractivity contribution in [1.29, 1.82) is 0 Å². The first kappa shape index (κ1) is 44.3. The van der Waals surface area contributed by atoms with Crippen LogP contribution in [0, 0.1) is 11.3 Å². The number of amides is 2. The summed E-state index contributed by atoms with van der Waals surface area (Å²) in [7, 11) is 1.00. The number of aliphatic hydroxyl groups excluding tert-OH is 1. The molecule has 234 valence electrons. The van der Waals surface area contributed by atoms with E-state index in [4.69, 9.17) is 19.3 Å². The first-order valence-electron chi connectivity index (χ1n) is 13.5. The van der Waals surface area contributed by atoms with Crippen LogP contribution in [0.2, 0.25) is 0 Å². The van der Waals surface area contributed by atoms with E-state index in [0.29, 0.717) is 26.1 Å². The molecule has 0 spiro atoms. The molecule has 0 aromatic carbocycles. The van der Waals surface area contributed by atoms with Gasteiger partial charge < -0.3 is 34.6 Å². The Morgan fingerprint density at radius 2 is 1.32 bits per heavy atom. The second-order valence-electron chi connectivity index (χ2n) is 11.8. The van der Waals surface area contributed by atoms with Gasteiger partial charge in [0, 0.05) is 52.0 Å². The van der Waals surface area contributed by atoms with Crippen LogP contribution in [0.5, 0.6) is 0 Å². The Balaban J connectivity index is -0.000000652. The molecule has 2 heterocycles. The number of ether oxygens (including phenoxy) is 3. The van der Waals surface area contributed by atoms with Crippen LogP contribution in [0.3, 0.4) is 0 Å². The van der Waals surface area contributed by atoms with Crippen LogP contribution >= 0.6 is 0 Å². The summed E-state index contributed by atoms with van der Waals surface area (Å²) in [6, 6.07) is 0. The molecule has 13 heteroatoms. The number of ketones is 2. The fraction of sp³-hybridized carbons (Fsp3) is 0.821. The maximum absolute atomic E-state index is 12.2. The van der Waals surface area contributed by atoms with Crippen molar-refractivity contribution >= 4 is 29.7 Å². The molecule has 2 aliphatic rings. The van der Waals surface area contributed by atoms with Gasteiger partial charge in [0.1, 0.15) is 22.4 Å². The molecule has 0 saturated carbocycles. The largest absolute Gasteiger partial charge is 1.00 e. The minimum absolute atomic E-state index is 0. The predicted molar refractivity (Wildman–Crippen MR) is 148 cm³/mol. The van der Waals surface area contributed by atoms with E-state index in [2.05, 4.69) is 0 Å². The number of nitrogens with zero attached hydrogens (tertiary/aromatic N) is 2. The molecule has 2 fully saturated rings. The number of esters is 1. The molecule has 0 aromatic heterocycles. The van der Waals surface area contributed by atoms with Gasteiger partial charge in [-0.05, 0) is 68.2 Å². The Labute approximate surface area is 287 Å². The zero-order chi connectivity index (χ0) is 30.6. The van der Waals surface area contributed by atoms with Crippen molar-refractivity contribution in [1.82, 2.24) is 9.80 Å². The third kappa shape index (κ3) is 16.4. The second kappa shape index (κ2) is 20.0. The van der Waals surface area contributed by atoms with Gasteiger partial charge in [-0.15, -0.1) is 0 Å². The number of rotatable bonds is 2. The Morgan fingerprint density at radius 1 is 0.878 bits per heavy atom. The summed E-state index contributed by atoms with van der Waals surface area (Å²) in [5.41, 5.74) is -2.23. The molecule has 0 aromatic rings. The Kier molecular flexibility index (Phi) is 21.6. The van der Waals surface area contributed by atoms with Crippen molar-refractivity contribution in [2.24, 2.45) is 11.3 Å². The average Bonchev–Trinajstić information content (AvgIpc) is 3.08. The number of carbonyl (C=O) groups excluding carboxylic acids is 5. The van der Waals surface area contributed by atoms with E-state index in [1.165, 1.54) is 4.90 Å². The molecule has 2 aliphatic heterocycles. The summed E-state index contributed by atoms with van der Waals surface area (Å²) in [5.74, 6) is -0.397. The van der Waals surface area contributed by atoms with Crippen LogP contribution < -0.4 is 51.4 Å². The average molecular weight is 615 g/mol. The van der Waals surface area contributed by atoms with Crippen LogP contribution in [0.25, 0.3) is 0 Å². The molecule has 0 aliphatic carbocycles. The molecule has 2 saturated heterocycles. The van der Waals surface area contributed by atoms with Gasteiger partial charge in [0.15, 0.2) is 5.78 Å². The molecule has 2 rings (SSSR count). The van der Waals surface area contributed by atoms with E-state index >= 15 is 0 Å². The molecule has 2 N–H and O–H groups in total. The van der Waals surface area contributed by atoms with Crippen LogP contribution in [-0.4, -0.2) is 101 Å². The summed E-state index contributed by atoms with van der Waals surface area (Å²) in [6.07, 6.45) is 0.801. The maximum Gasteiger partial charge on any atom is 1.00 e. The number of hydrogen-bond donors (Lipinski definition) is 1. The van der Waals surface area contributed by atoms with Crippen molar-refractivity contribution in [2.45, 2.75) is 99.2 Å². The first-order chi connectivity index (χ1) is 17.9. The molecule has 41 heavy (non-hydrogen) atoms. The van der Waals surface area contributed by atoms with E-state index in [1.54, 1.807) is 39.5 Å². The topological polar surface area (TPSA) is 170 Å². The standard InChI is InChI=1S/C15H25NO5.C12H21NO3.CH4O.K.H2O/c1-6-20-12(18)15(5)8-10-16(9-7-11(15)17)13(19)21-14(2,3)4;1-9-5-7-13(8-6-10(9)14)11(15)16-12(2,3)4;1-2;;/h6-10H2,1-5H3;9H,5-8H2,1-4H3;2H,1H3;;1H2/q;;;+1;/p-1. The van der Waals surface area contributed by atoms with Gasteiger partial charge in [0.2, 0.25) is 0 Å². The molecule has 2 atom stereocenters. The summed E-state index contributed by atoms with van der Waals surface area (Å²) in [4.78, 5) is 62.7. The molecular formula is C28H51KN2O10. The number of aliphatic hydroxyl groups is 1. The Bertz CT molecular complexity index is 854. The zero-order valence-corrected chi connectivity index (χ0v) is 30.1. The molecule has 2 unspecified atom stereocenters. The van der Waals surface area contributed by atoms with Gasteiger partial charge >= 0.3 is 69.5 Å². The molecule has 2 amide bonds. The van der Waals surface area contributed by atoms with Crippen molar-refractivity contribution in [2.75, 3.05) is 39.9 Å². The Hall–Kier alpha value is -1.09. The molecular weight excluding hydrogens is 563 g/mol. The third-order valence-electron chi connectivity index (χ3n) is 6.15. The van der Waals surface area contributed by atoms with Gasteiger partial charge in [0.05, 0.1) is 6.61 Å². The van der Waals surface area contributed by atoms with Crippen LogP contribution in [-0.2, 0) is 28.6 Å². The quantitative estimate of drug-likeness (QED) is 0.203. The predicted octanol–water partition coefficient (Wildman–Crippen LogP) is 0.814. The fourth-order valence-corrected chi connectivity index (χ4v) is 3.76. The minimum Gasteiger partial charge on any atom is -0.870 e. The molecule has 0 radical (unpaired) electrons. The summed E-state index contributed by atoms with van der Waals surface area (Å²) < 4.78 is 15.6. The van der Waals surface area contributed by atoms with Crippen molar-refractivity contribution < 1.29 is 100 Å². The normalized spacial score (nSPS) is 21.1. The fourth-order valence-electron chi connectivity index (χ4n) is 3.76. The van der Waals surface area contributed by atoms with E-state index in [0.717, 1.165) is 13.5 Å². The summed E-state index contributed by atoms with van der Waals surface area (Å²) in [5, 5.41) is 7.00. The molecule has 12 nitrogen and oxygen atoms in total. The number of Topliss-reactive ketones (excluding diaryl/α,β-unsaturated/α-hetero) is 2. The second-order valence-corrected chi connectivity index (χ2v) is 11.8. The smallest absolute Gasteiger partial charge is 0.870 e. The van der Waals surface area contributed by atoms with Crippen LogP contribution in [0.15, 0.2) is 0 Å². The van der Waals surface area contributed by atoms with Crippen molar-refractivity contribution in [3.05, 3.63) is 0 Å². The van der Waals surface area contributed by atoms with Gasteiger partial charge in [-0.2, -0.15) is 0 Å². The van der Waals surface area contributed by atoms with Crippen LogP contribution in [0.1, 0.15) is 88.0 Å². The monoisotopic (exact) mass is 614 g/mol. The van der Waals surface area contributed by atoms with Gasteiger partial charge in [-0.25, -0.2) is 9.59 Å². The number of carbonyl (C=O) groups is 5. The zero-order valence-electron chi connectivity index (χ0n) is 27.0. The summed E-state index contributed by atoms with van der Waals surface area (Å²) in [6.45, 7) is 18.0. The van der Waals surface area contributed by atoms with Gasteiger partial charge in [0.25, 0.3) is 0 Å². The van der Waals surface area contributed by atoms with Crippen molar-refractivity contribution in [3.8, 4) is 0 Å².